The maximum absolute atomic E-state index is 14.3. The Morgan fingerprint density at radius 2 is 1.86 bits per heavy atom. The summed E-state index contributed by atoms with van der Waals surface area (Å²) in [6.07, 6.45) is 4.45. The first-order valence-electron chi connectivity index (χ1n) is 11.2. The van der Waals surface area contributed by atoms with Crippen molar-refractivity contribution in [1.82, 2.24) is 19.7 Å². The van der Waals surface area contributed by atoms with Crippen LogP contribution in [0.2, 0.25) is 0 Å². The van der Waals surface area contributed by atoms with Crippen LogP contribution >= 0.6 is 0 Å². The Bertz CT molecular complexity index is 1290. The average molecular weight is 475 g/mol. The quantitative estimate of drug-likeness (QED) is 0.375. The van der Waals surface area contributed by atoms with Crippen LogP contribution in [0.25, 0.3) is 0 Å². The zero-order valence-corrected chi connectivity index (χ0v) is 19.8. The van der Waals surface area contributed by atoms with Crippen LogP contribution in [0, 0.1) is 5.82 Å². The van der Waals surface area contributed by atoms with Crippen molar-refractivity contribution in [2.75, 3.05) is 10.6 Å². The van der Waals surface area contributed by atoms with Gasteiger partial charge in [0.1, 0.15) is 18.2 Å². The Balaban J connectivity index is 1.47. The lowest BCUT2D eigenvalue weighted by molar-refractivity contribution is 0.262. The van der Waals surface area contributed by atoms with Crippen molar-refractivity contribution in [3.05, 3.63) is 95.8 Å². The third-order valence-corrected chi connectivity index (χ3v) is 5.18. The molecule has 0 spiro atoms. The molecule has 0 unspecified atom stereocenters. The van der Waals surface area contributed by atoms with Crippen LogP contribution in [-0.2, 0) is 18.6 Å². The van der Waals surface area contributed by atoms with E-state index < -0.39 is 11.8 Å². The van der Waals surface area contributed by atoms with Crippen LogP contribution in [0.5, 0.6) is 5.88 Å². The Hall–Kier alpha value is -4.27. The van der Waals surface area contributed by atoms with E-state index in [1.807, 2.05) is 36.4 Å². The summed E-state index contributed by atoms with van der Waals surface area (Å²) in [7, 11) is 0. The van der Waals surface area contributed by atoms with Crippen molar-refractivity contribution in [3.8, 4) is 5.88 Å². The van der Waals surface area contributed by atoms with Gasteiger partial charge in [0, 0.05) is 35.1 Å². The lowest BCUT2D eigenvalue weighted by atomic mass is 9.92. The number of halogens is 1. The number of ether oxygens (including phenoxy) is 1. The van der Waals surface area contributed by atoms with Crippen LogP contribution in [0.1, 0.15) is 37.6 Å². The Morgan fingerprint density at radius 3 is 2.57 bits per heavy atom. The molecule has 0 aliphatic rings. The van der Waals surface area contributed by atoms with Crippen LogP contribution in [-0.4, -0.2) is 25.8 Å². The summed E-state index contributed by atoms with van der Waals surface area (Å²) in [6, 6.07) is 15.6. The summed E-state index contributed by atoms with van der Waals surface area (Å²) < 4.78 is 21.5. The summed E-state index contributed by atoms with van der Waals surface area (Å²) >= 11 is 0. The van der Waals surface area contributed by atoms with Crippen LogP contribution in [0.4, 0.5) is 20.7 Å². The van der Waals surface area contributed by atoms with Crippen molar-refractivity contribution in [3.63, 3.8) is 0 Å². The van der Waals surface area contributed by atoms with Crippen LogP contribution in [0.15, 0.2) is 73.2 Å². The van der Waals surface area contributed by atoms with Crippen molar-refractivity contribution >= 4 is 17.5 Å². The minimum Gasteiger partial charge on any atom is -0.472 e. The number of carbonyl (C=O) groups is 1. The van der Waals surface area contributed by atoms with Crippen molar-refractivity contribution in [1.29, 1.82) is 0 Å². The van der Waals surface area contributed by atoms with Gasteiger partial charge in [-0.3, -0.25) is 10.3 Å². The second kappa shape index (κ2) is 10.3. The molecule has 2 amide bonds. The number of anilines is 2. The molecule has 180 valence electrons. The predicted octanol–water partition coefficient (Wildman–Crippen LogP) is 5.38. The number of nitrogens with one attached hydrogen (secondary N) is 2. The number of amides is 2. The topological polar surface area (TPSA) is 94.0 Å². The molecule has 2 aromatic heterocycles. The fraction of sp³-hybridized carbons (Fsp3) is 0.231. The zero-order chi connectivity index (χ0) is 24.8. The SMILES string of the molecule is CC(C)(C)c1cc(NC(=O)Nc2ccc(F)c(COc3cnccn3)c2)n(Cc2ccccc2)n1. The molecule has 2 heterocycles. The molecule has 0 radical (unpaired) electrons. The smallest absolute Gasteiger partial charge is 0.324 e. The molecule has 0 saturated heterocycles. The van der Waals surface area contributed by atoms with Gasteiger partial charge in [-0.25, -0.2) is 18.9 Å². The highest BCUT2D eigenvalue weighted by molar-refractivity contribution is 5.99. The second-order valence-corrected chi connectivity index (χ2v) is 9.03. The standard InChI is InChI=1S/C26H27FN6O2/c1-26(2,3)22-14-23(33(32-22)16-18-7-5-4-6-8-18)31-25(34)30-20-9-10-21(27)19(13-20)17-35-24-15-28-11-12-29-24/h4-15H,16-17H2,1-3H3,(H2,30,31,34). The molecule has 35 heavy (non-hydrogen) atoms. The van der Waals surface area contributed by atoms with Gasteiger partial charge in [0.05, 0.1) is 18.4 Å². The van der Waals surface area contributed by atoms with Gasteiger partial charge in [0.2, 0.25) is 5.88 Å². The first kappa shape index (κ1) is 23.9. The number of nitrogens with zero attached hydrogens (tertiary/aromatic N) is 4. The maximum Gasteiger partial charge on any atom is 0.324 e. The lowest BCUT2D eigenvalue weighted by Crippen LogP contribution is -2.22. The highest BCUT2D eigenvalue weighted by Gasteiger charge is 2.21. The van der Waals surface area contributed by atoms with Crippen LogP contribution in [0.3, 0.4) is 0 Å². The number of rotatable bonds is 7. The zero-order valence-electron chi connectivity index (χ0n) is 19.8. The molecule has 9 heteroatoms. The van der Waals surface area contributed by atoms with E-state index in [4.69, 9.17) is 9.84 Å². The summed E-state index contributed by atoms with van der Waals surface area (Å²) in [5, 5.41) is 10.3. The van der Waals surface area contributed by atoms with E-state index in [-0.39, 0.29) is 23.5 Å². The van der Waals surface area contributed by atoms with E-state index in [0.29, 0.717) is 18.1 Å². The van der Waals surface area contributed by atoms with Gasteiger partial charge in [-0.15, -0.1) is 0 Å². The fourth-order valence-corrected chi connectivity index (χ4v) is 3.31. The molecule has 8 nitrogen and oxygen atoms in total. The third-order valence-electron chi connectivity index (χ3n) is 5.18. The molecule has 4 aromatic rings. The second-order valence-electron chi connectivity index (χ2n) is 9.03. The summed E-state index contributed by atoms with van der Waals surface area (Å²) in [5.74, 6) is 0.393. The third kappa shape index (κ3) is 6.41. The number of hydrogen-bond acceptors (Lipinski definition) is 5. The molecule has 0 saturated carbocycles. The molecular weight excluding hydrogens is 447 g/mol. The largest absolute Gasteiger partial charge is 0.472 e. The highest BCUT2D eigenvalue weighted by Crippen LogP contribution is 2.25. The maximum atomic E-state index is 14.3. The monoisotopic (exact) mass is 474 g/mol. The minimum absolute atomic E-state index is 0.0551. The summed E-state index contributed by atoms with van der Waals surface area (Å²) in [6.45, 7) is 6.65. The molecule has 0 bridgehead atoms. The normalized spacial score (nSPS) is 11.2. The van der Waals surface area contributed by atoms with Crippen molar-refractivity contribution < 1.29 is 13.9 Å². The molecule has 2 aromatic carbocycles. The predicted molar refractivity (Wildman–Crippen MR) is 132 cm³/mol. The number of hydrogen-bond donors (Lipinski definition) is 2. The van der Waals surface area contributed by atoms with E-state index in [1.54, 1.807) is 4.68 Å². The highest BCUT2D eigenvalue weighted by atomic mass is 19.1. The minimum atomic E-state index is -0.466. The van der Waals surface area contributed by atoms with Gasteiger partial charge in [-0.05, 0) is 23.8 Å². The Morgan fingerprint density at radius 1 is 1.06 bits per heavy atom. The Labute approximate surface area is 203 Å². The first-order valence-corrected chi connectivity index (χ1v) is 11.2. The summed E-state index contributed by atoms with van der Waals surface area (Å²) in [4.78, 5) is 20.7. The molecule has 0 fully saturated rings. The van der Waals surface area contributed by atoms with Crippen molar-refractivity contribution in [2.24, 2.45) is 0 Å². The lowest BCUT2D eigenvalue weighted by Gasteiger charge is -2.14. The average Bonchev–Trinajstić information content (AvgIpc) is 3.23. The van der Waals surface area contributed by atoms with Gasteiger partial charge in [-0.2, -0.15) is 5.10 Å². The molecule has 2 N–H and O–H groups in total. The molecule has 4 rings (SSSR count). The molecule has 0 atom stereocenters. The van der Waals surface area contributed by atoms with Crippen LogP contribution < -0.4 is 15.4 Å². The van der Waals surface area contributed by atoms with E-state index in [2.05, 4.69) is 41.4 Å². The number of benzene rings is 2. The summed E-state index contributed by atoms with van der Waals surface area (Å²) in [5.41, 5.74) is 2.42. The fourth-order valence-electron chi connectivity index (χ4n) is 3.31. The number of aromatic nitrogens is 4. The molecule has 0 aliphatic carbocycles. The molecular formula is C26H27FN6O2. The van der Waals surface area contributed by atoms with E-state index in [0.717, 1.165) is 11.3 Å². The molecule has 0 aliphatic heterocycles. The first-order chi connectivity index (χ1) is 16.8. The number of urea groups is 1. The van der Waals surface area contributed by atoms with Gasteiger partial charge in [0.15, 0.2) is 0 Å². The van der Waals surface area contributed by atoms with Gasteiger partial charge in [-0.1, -0.05) is 51.1 Å². The van der Waals surface area contributed by atoms with E-state index >= 15 is 0 Å². The Kier molecular flexibility index (Phi) is 7.05. The van der Waals surface area contributed by atoms with E-state index in [1.165, 1.54) is 36.8 Å². The van der Waals surface area contributed by atoms with Gasteiger partial charge in [0.25, 0.3) is 0 Å². The van der Waals surface area contributed by atoms with Crippen molar-refractivity contribution in [2.45, 2.75) is 39.3 Å². The van der Waals surface area contributed by atoms with E-state index in [9.17, 15) is 9.18 Å². The number of carbonyl (C=O) groups excluding carboxylic acids is 1. The van der Waals surface area contributed by atoms with Gasteiger partial charge >= 0.3 is 6.03 Å². The van der Waals surface area contributed by atoms with Gasteiger partial charge < -0.3 is 10.1 Å².